The van der Waals surface area contributed by atoms with Gasteiger partial charge in [-0.2, -0.15) is 0 Å². The number of hydrogen-bond acceptors (Lipinski definition) is 5. The summed E-state index contributed by atoms with van der Waals surface area (Å²) in [5, 5.41) is -0.335. The van der Waals surface area contributed by atoms with Crippen LogP contribution in [0.25, 0.3) is 0 Å². The second-order valence-corrected chi connectivity index (χ2v) is 8.39. The number of morpholine rings is 1. The number of rotatable bonds is 3. The van der Waals surface area contributed by atoms with Crippen LogP contribution in [-0.4, -0.2) is 62.2 Å². The van der Waals surface area contributed by atoms with Gasteiger partial charge in [-0.3, -0.25) is 4.90 Å². The molecule has 2 N–H and O–H groups in total. The van der Waals surface area contributed by atoms with Crippen LogP contribution < -0.4 is 5.73 Å². The zero-order valence-electron chi connectivity index (χ0n) is 12.1. The molecule has 0 aromatic rings. The standard InChI is InChI=1S/C13H26N2O3S/c1-10-8-18-11(2)7-15(10)13(9-14)6-4-5-12(13)19(3,16)17/h10-12H,4-9,14H2,1-3H3. The van der Waals surface area contributed by atoms with E-state index < -0.39 is 15.4 Å². The smallest absolute Gasteiger partial charge is 0.152 e. The van der Waals surface area contributed by atoms with Crippen LogP contribution in [0, 0.1) is 0 Å². The van der Waals surface area contributed by atoms with Gasteiger partial charge in [0.25, 0.3) is 0 Å². The maximum atomic E-state index is 12.1. The molecule has 4 unspecified atom stereocenters. The van der Waals surface area contributed by atoms with Gasteiger partial charge in [0.05, 0.1) is 23.5 Å². The van der Waals surface area contributed by atoms with Gasteiger partial charge < -0.3 is 10.5 Å². The van der Waals surface area contributed by atoms with E-state index in [2.05, 4.69) is 11.8 Å². The number of sulfone groups is 1. The molecule has 1 aliphatic heterocycles. The Morgan fingerprint density at radius 1 is 1.42 bits per heavy atom. The summed E-state index contributed by atoms with van der Waals surface area (Å²) in [7, 11) is -3.07. The van der Waals surface area contributed by atoms with Gasteiger partial charge in [0.2, 0.25) is 0 Å². The van der Waals surface area contributed by atoms with E-state index in [-0.39, 0.29) is 17.4 Å². The van der Waals surface area contributed by atoms with Crippen LogP contribution in [-0.2, 0) is 14.6 Å². The van der Waals surface area contributed by atoms with E-state index >= 15 is 0 Å². The summed E-state index contributed by atoms with van der Waals surface area (Å²) in [6.07, 6.45) is 4.03. The fourth-order valence-electron chi connectivity index (χ4n) is 3.84. The molecular weight excluding hydrogens is 264 g/mol. The van der Waals surface area contributed by atoms with Crippen LogP contribution in [0.5, 0.6) is 0 Å². The van der Waals surface area contributed by atoms with Gasteiger partial charge in [0.1, 0.15) is 0 Å². The Bertz CT molecular complexity index is 426. The van der Waals surface area contributed by atoms with Crippen molar-refractivity contribution in [2.45, 2.75) is 56.0 Å². The molecule has 2 fully saturated rings. The predicted octanol–water partition coefficient (Wildman–Crippen LogP) is 0.390. The van der Waals surface area contributed by atoms with Crippen molar-refractivity contribution in [1.29, 1.82) is 0 Å². The van der Waals surface area contributed by atoms with Crippen molar-refractivity contribution in [2.75, 3.05) is 26.0 Å². The molecule has 19 heavy (non-hydrogen) atoms. The molecule has 2 aliphatic rings. The summed E-state index contributed by atoms with van der Waals surface area (Å²) in [5.41, 5.74) is 5.65. The van der Waals surface area contributed by atoms with Crippen molar-refractivity contribution in [1.82, 2.24) is 4.90 Å². The van der Waals surface area contributed by atoms with E-state index in [1.54, 1.807) is 0 Å². The Hall–Kier alpha value is -0.170. The third-order valence-electron chi connectivity index (χ3n) is 4.73. The van der Waals surface area contributed by atoms with Crippen molar-refractivity contribution in [3.8, 4) is 0 Å². The van der Waals surface area contributed by atoms with Crippen molar-refractivity contribution >= 4 is 9.84 Å². The second-order valence-electron chi connectivity index (χ2n) is 6.16. The lowest BCUT2D eigenvalue weighted by molar-refractivity contribution is -0.0902. The van der Waals surface area contributed by atoms with Crippen LogP contribution in [0.2, 0.25) is 0 Å². The van der Waals surface area contributed by atoms with E-state index in [4.69, 9.17) is 10.5 Å². The Kier molecular flexibility index (Phi) is 4.26. The third-order valence-corrected chi connectivity index (χ3v) is 6.43. The fraction of sp³-hybridized carbons (Fsp3) is 1.00. The van der Waals surface area contributed by atoms with Crippen LogP contribution in [0.3, 0.4) is 0 Å². The Labute approximate surface area is 116 Å². The summed E-state index contributed by atoms with van der Waals surface area (Å²) in [4.78, 5) is 2.31. The monoisotopic (exact) mass is 290 g/mol. The molecule has 0 spiro atoms. The largest absolute Gasteiger partial charge is 0.376 e. The molecule has 1 saturated carbocycles. The molecule has 5 nitrogen and oxygen atoms in total. The number of ether oxygens (including phenoxy) is 1. The number of hydrogen-bond donors (Lipinski definition) is 1. The van der Waals surface area contributed by atoms with Gasteiger partial charge in [-0.15, -0.1) is 0 Å². The molecule has 2 rings (SSSR count). The minimum Gasteiger partial charge on any atom is -0.376 e. The average Bonchev–Trinajstić information content (AvgIpc) is 2.77. The topological polar surface area (TPSA) is 72.6 Å². The highest BCUT2D eigenvalue weighted by Gasteiger charge is 2.53. The first kappa shape index (κ1) is 15.2. The molecule has 0 amide bonds. The molecule has 1 heterocycles. The van der Waals surface area contributed by atoms with Gasteiger partial charge in [-0.1, -0.05) is 6.42 Å². The van der Waals surface area contributed by atoms with E-state index in [1.807, 2.05) is 6.92 Å². The quantitative estimate of drug-likeness (QED) is 0.814. The number of nitrogens with zero attached hydrogens (tertiary/aromatic N) is 1. The van der Waals surface area contributed by atoms with Crippen LogP contribution >= 0.6 is 0 Å². The molecule has 112 valence electrons. The minimum atomic E-state index is -3.07. The van der Waals surface area contributed by atoms with Gasteiger partial charge in [0, 0.05) is 25.4 Å². The first-order valence-electron chi connectivity index (χ1n) is 7.08. The molecule has 4 atom stereocenters. The summed E-state index contributed by atoms with van der Waals surface area (Å²) < 4.78 is 29.9. The highest BCUT2D eigenvalue weighted by molar-refractivity contribution is 7.91. The van der Waals surface area contributed by atoms with Crippen molar-refractivity contribution in [2.24, 2.45) is 5.73 Å². The predicted molar refractivity (Wildman–Crippen MR) is 75.9 cm³/mol. The van der Waals surface area contributed by atoms with E-state index in [1.165, 1.54) is 6.26 Å². The van der Waals surface area contributed by atoms with E-state index in [9.17, 15) is 8.42 Å². The van der Waals surface area contributed by atoms with Crippen molar-refractivity contribution in [3.05, 3.63) is 0 Å². The molecule has 0 aromatic carbocycles. The van der Waals surface area contributed by atoms with Gasteiger partial charge in [0.15, 0.2) is 9.84 Å². The zero-order valence-corrected chi connectivity index (χ0v) is 12.9. The molecular formula is C13H26N2O3S. The first-order valence-corrected chi connectivity index (χ1v) is 9.04. The maximum Gasteiger partial charge on any atom is 0.152 e. The maximum absolute atomic E-state index is 12.1. The SMILES string of the molecule is CC1CN(C2(CN)CCCC2S(C)(=O)=O)C(C)CO1. The summed E-state index contributed by atoms with van der Waals surface area (Å²) in [6.45, 7) is 5.96. The van der Waals surface area contributed by atoms with Crippen molar-refractivity contribution in [3.63, 3.8) is 0 Å². The normalized spacial score (nSPS) is 41.6. The lowest BCUT2D eigenvalue weighted by Gasteiger charge is -2.50. The summed E-state index contributed by atoms with van der Waals surface area (Å²) in [5.74, 6) is 0. The molecule has 0 aromatic heterocycles. The van der Waals surface area contributed by atoms with Gasteiger partial charge >= 0.3 is 0 Å². The Balaban J connectivity index is 2.35. The fourth-order valence-corrected chi connectivity index (χ4v) is 5.58. The summed E-state index contributed by atoms with van der Waals surface area (Å²) in [6, 6.07) is 0.224. The Morgan fingerprint density at radius 3 is 2.68 bits per heavy atom. The highest BCUT2D eigenvalue weighted by Crippen LogP contribution is 2.41. The lowest BCUT2D eigenvalue weighted by atomic mass is 9.91. The second kappa shape index (κ2) is 5.31. The summed E-state index contributed by atoms with van der Waals surface area (Å²) >= 11 is 0. The minimum absolute atomic E-state index is 0.139. The molecule has 1 saturated heterocycles. The molecule has 1 aliphatic carbocycles. The highest BCUT2D eigenvalue weighted by atomic mass is 32.2. The lowest BCUT2D eigenvalue weighted by Crippen LogP contribution is -2.66. The Morgan fingerprint density at radius 2 is 2.11 bits per heavy atom. The molecule has 0 radical (unpaired) electrons. The van der Waals surface area contributed by atoms with Crippen LogP contribution in [0.4, 0.5) is 0 Å². The van der Waals surface area contributed by atoms with Gasteiger partial charge in [-0.05, 0) is 26.7 Å². The third kappa shape index (κ3) is 2.68. The van der Waals surface area contributed by atoms with E-state index in [0.29, 0.717) is 13.2 Å². The van der Waals surface area contributed by atoms with Crippen LogP contribution in [0.1, 0.15) is 33.1 Å². The molecule has 6 heteroatoms. The molecule has 0 bridgehead atoms. The van der Waals surface area contributed by atoms with Crippen LogP contribution in [0.15, 0.2) is 0 Å². The van der Waals surface area contributed by atoms with Crippen molar-refractivity contribution < 1.29 is 13.2 Å². The first-order chi connectivity index (χ1) is 8.81. The zero-order chi connectivity index (χ0) is 14.3. The van der Waals surface area contributed by atoms with E-state index in [0.717, 1.165) is 25.8 Å². The number of nitrogens with two attached hydrogens (primary N) is 1. The van der Waals surface area contributed by atoms with Gasteiger partial charge in [-0.25, -0.2) is 8.42 Å². The average molecular weight is 290 g/mol.